The molecule has 6 rings (SSSR count). The Balaban J connectivity index is 0.000000201. The lowest BCUT2D eigenvalue weighted by Crippen LogP contribution is -2.23. The van der Waals surface area contributed by atoms with Gasteiger partial charge >= 0.3 is 23.1 Å². The lowest BCUT2D eigenvalue weighted by molar-refractivity contribution is -0.121. The maximum atomic E-state index is 11.2. The van der Waals surface area contributed by atoms with Gasteiger partial charge in [-0.1, -0.05) is 36.4 Å². The van der Waals surface area contributed by atoms with E-state index < -0.39 is 29.0 Å². The SMILES string of the molecule is CC(=O)N(O)c1ccc2c(ccn2-c2ccccc2)c1.O=S=O.O=S=O.ONc1ccc2c(ccn2-c2ccccc2)c1. The molecular formula is C30H26N4O7S2. The molecule has 3 N–H and O–H groups in total. The van der Waals surface area contributed by atoms with Crippen LogP contribution >= 0.6 is 0 Å². The molecule has 0 spiro atoms. The number of amides is 1. The van der Waals surface area contributed by atoms with Crippen molar-refractivity contribution in [1.29, 1.82) is 0 Å². The summed E-state index contributed by atoms with van der Waals surface area (Å²) in [6, 6.07) is 35.3. The molecule has 0 aliphatic carbocycles. The molecular weight excluding hydrogens is 592 g/mol. The van der Waals surface area contributed by atoms with Crippen LogP contribution < -0.4 is 10.5 Å². The molecule has 6 aromatic rings. The van der Waals surface area contributed by atoms with Crippen LogP contribution in [0.5, 0.6) is 0 Å². The number of benzene rings is 4. The molecule has 0 saturated carbocycles. The van der Waals surface area contributed by atoms with Crippen LogP contribution in [0.25, 0.3) is 33.2 Å². The van der Waals surface area contributed by atoms with Crippen LogP contribution in [0.4, 0.5) is 11.4 Å². The van der Waals surface area contributed by atoms with Crippen molar-refractivity contribution in [1.82, 2.24) is 9.13 Å². The molecule has 0 unspecified atom stereocenters. The Kier molecular flexibility index (Phi) is 12.2. The Morgan fingerprint density at radius 2 is 1.12 bits per heavy atom. The molecule has 0 bridgehead atoms. The normalized spacial score (nSPS) is 9.74. The van der Waals surface area contributed by atoms with E-state index >= 15 is 0 Å². The smallest absolute Gasteiger partial charge is 0.317 e. The van der Waals surface area contributed by atoms with E-state index in [1.54, 1.807) is 12.1 Å². The summed E-state index contributed by atoms with van der Waals surface area (Å²) >= 11 is -1.50. The number of carbonyl (C=O) groups is 1. The van der Waals surface area contributed by atoms with Gasteiger partial charge in [0, 0.05) is 41.5 Å². The van der Waals surface area contributed by atoms with Crippen molar-refractivity contribution in [3.63, 3.8) is 0 Å². The number of rotatable bonds is 4. The highest BCUT2D eigenvalue weighted by Crippen LogP contribution is 2.25. The molecule has 0 atom stereocenters. The summed E-state index contributed by atoms with van der Waals surface area (Å²) in [6.45, 7) is 1.32. The minimum atomic E-state index is -0.750. The Labute approximate surface area is 253 Å². The highest BCUT2D eigenvalue weighted by atomic mass is 32.1. The summed E-state index contributed by atoms with van der Waals surface area (Å²) in [7, 11) is 0. The van der Waals surface area contributed by atoms with Crippen molar-refractivity contribution in [3.05, 3.63) is 122 Å². The second-order valence-corrected chi connectivity index (χ2v) is 8.91. The summed E-state index contributed by atoms with van der Waals surface area (Å²) in [4.78, 5) is 11.2. The molecule has 13 heteroatoms. The lowest BCUT2D eigenvalue weighted by Gasteiger charge is -2.13. The zero-order chi connectivity index (χ0) is 31.2. The van der Waals surface area contributed by atoms with Crippen LogP contribution in [0.1, 0.15) is 6.92 Å². The average Bonchev–Trinajstić information content (AvgIpc) is 3.66. The highest BCUT2D eigenvalue weighted by Gasteiger charge is 2.10. The third kappa shape index (κ3) is 8.40. The largest absolute Gasteiger partial charge is 0.335 e. The van der Waals surface area contributed by atoms with Gasteiger partial charge in [0.2, 0.25) is 5.91 Å². The fourth-order valence-corrected chi connectivity index (χ4v) is 4.28. The third-order valence-corrected chi connectivity index (χ3v) is 6.10. The van der Waals surface area contributed by atoms with Gasteiger partial charge in [-0.25, -0.2) is 0 Å². The van der Waals surface area contributed by atoms with Crippen molar-refractivity contribution in [2.45, 2.75) is 6.92 Å². The molecule has 2 heterocycles. The number of carbonyl (C=O) groups excluding carboxylic acids is 1. The van der Waals surface area contributed by atoms with E-state index in [9.17, 15) is 10.0 Å². The molecule has 220 valence electrons. The number of nitrogens with one attached hydrogen (secondary N) is 1. The van der Waals surface area contributed by atoms with Gasteiger partial charge in [0.05, 0.1) is 22.4 Å². The first-order valence-corrected chi connectivity index (χ1v) is 13.8. The van der Waals surface area contributed by atoms with E-state index in [0.717, 1.165) is 33.2 Å². The number of hydrogen-bond acceptors (Lipinski definition) is 8. The Hall–Kier alpha value is -5.21. The first-order chi connectivity index (χ1) is 20.9. The van der Waals surface area contributed by atoms with Crippen LogP contribution in [-0.4, -0.2) is 42.3 Å². The summed E-state index contributed by atoms with van der Waals surface area (Å²) in [5.41, 5.74) is 7.67. The second-order valence-electron chi connectivity index (χ2n) is 8.64. The van der Waals surface area contributed by atoms with Crippen molar-refractivity contribution in [3.8, 4) is 11.4 Å². The Morgan fingerprint density at radius 1 is 0.674 bits per heavy atom. The molecule has 4 aromatic carbocycles. The van der Waals surface area contributed by atoms with E-state index in [1.807, 2.05) is 97.3 Å². The van der Waals surface area contributed by atoms with Gasteiger partial charge in [-0.05, 0) is 72.8 Å². The van der Waals surface area contributed by atoms with Crippen molar-refractivity contribution in [2.24, 2.45) is 0 Å². The van der Waals surface area contributed by atoms with Gasteiger partial charge in [-0.3, -0.25) is 20.7 Å². The molecule has 2 aromatic heterocycles. The summed E-state index contributed by atoms with van der Waals surface area (Å²) < 4.78 is 37.4. The molecule has 0 saturated heterocycles. The van der Waals surface area contributed by atoms with E-state index in [1.165, 1.54) is 6.92 Å². The van der Waals surface area contributed by atoms with Gasteiger partial charge in [-0.15, -0.1) is 0 Å². The summed E-state index contributed by atoms with van der Waals surface area (Å²) in [6.07, 6.45) is 4.00. The molecule has 1 amide bonds. The molecule has 43 heavy (non-hydrogen) atoms. The van der Waals surface area contributed by atoms with Gasteiger partial charge in [0.25, 0.3) is 0 Å². The topological polar surface area (TPSA) is 151 Å². The van der Waals surface area contributed by atoms with Crippen molar-refractivity contribution in [2.75, 3.05) is 10.5 Å². The second kappa shape index (κ2) is 16.3. The average molecular weight is 619 g/mol. The Bertz CT molecular complexity index is 1850. The molecule has 0 fully saturated rings. The highest BCUT2D eigenvalue weighted by molar-refractivity contribution is 7.51. The summed E-state index contributed by atoms with van der Waals surface area (Å²) in [5.74, 6) is -0.410. The van der Waals surface area contributed by atoms with Crippen molar-refractivity contribution >= 4 is 62.2 Å². The fourth-order valence-electron chi connectivity index (χ4n) is 4.28. The van der Waals surface area contributed by atoms with E-state index in [2.05, 4.69) is 26.7 Å². The number of fused-ring (bicyclic) bond motifs is 2. The standard InChI is InChI=1S/C16H14N2O2.C14H12N2O.2O2S/c1-12(19)18(20)15-7-8-16-13(11-15)9-10-17(16)14-5-3-2-4-6-14;17-15-12-6-7-14-11(10-12)8-9-16(14)13-4-2-1-3-5-13;2*1-3-2/h2-11,20H,1H3;1-10,15,17H;;. The van der Waals surface area contributed by atoms with Crippen LogP contribution in [0.2, 0.25) is 0 Å². The monoisotopic (exact) mass is 618 g/mol. The minimum absolute atomic E-state index is 0.410. The Morgan fingerprint density at radius 3 is 1.56 bits per heavy atom. The third-order valence-electron chi connectivity index (χ3n) is 6.10. The van der Waals surface area contributed by atoms with Gasteiger partial charge in [0.1, 0.15) is 0 Å². The zero-order valence-corrected chi connectivity index (χ0v) is 24.3. The van der Waals surface area contributed by atoms with E-state index in [4.69, 9.17) is 22.0 Å². The maximum absolute atomic E-state index is 11.2. The number of nitrogens with zero attached hydrogens (tertiary/aromatic N) is 3. The fraction of sp³-hybridized carbons (Fsp3) is 0.0333. The maximum Gasteiger partial charge on any atom is 0.335 e. The number of aromatic nitrogens is 2. The van der Waals surface area contributed by atoms with Gasteiger partial charge in [-0.2, -0.15) is 21.9 Å². The van der Waals surface area contributed by atoms with Crippen LogP contribution in [0, 0.1) is 0 Å². The number of hydroxylamine groups is 1. The first-order valence-electron chi connectivity index (χ1n) is 12.4. The predicted octanol–water partition coefficient (Wildman–Crippen LogP) is 5.46. The molecule has 11 nitrogen and oxygen atoms in total. The lowest BCUT2D eigenvalue weighted by atomic mass is 10.2. The minimum Gasteiger partial charge on any atom is -0.317 e. The van der Waals surface area contributed by atoms with Gasteiger partial charge in [0.15, 0.2) is 0 Å². The summed E-state index contributed by atoms with van der Waals surface area (Å²) in [5, 5.41) is 21.2. The van der Waals surface area contributed by atoms with Crippen LogP contribution in [-0.2, 0) is 27.9 Å². The molecule has 0 aliphatic rings. The van der Waals surface area contributed by atoms with Crippen LogP contribution in [0.15, 0.2) is 122 Å². The van der Waals surface area contributed by atoms with E-state index in [0.29, 0.717) is 16.4 Å². The van der Waals surface area contributed by atoms with E-state index in [-0.39, 0.29) is 0 Å². The quantitative estimate of drug-likeness (QED) is 0.174. The number of hydrogen-bond donors (Lipinski definition) is 3. The molecule has 0 aliphatic heterocycles. The van der Waals surface area contributed by atoms with Gasteiger partial charge < -0.3 is 9.13 Å². The molecule has 0 radical (unpaired) electrons. The number of anilines is 2. The first kappa shape index (κ1) is 32.3. The zero-order valence-electron chi connectivity index (χ0n) is 22.6. The predicted molar refractivity (Wildman–Crippen MR) is 165 cm³/mol. The van der Waals surface area contributed by atoms with Crippen molar-refractivity contribution < 1.29 is 32.0 Å². The van der Waals surface area contributed by atoms with Crippen LogP contribution in [0.3, 0.4) is 0 Å². The number of para-hydroxylation sites is 2.